The van der Waals surface area contributed by atoms with Crippen molar-refractivity contribution in [3.63, 3.8) is 0 Å². The zero-order valence-electron chi connectivity index (χ0n) is 13.7. The first-order chi connectivity index (χ1) is 11.4. The van der Waals surface area contributed by atoms with Gasteiger partial charge in [0.25, 0.3) is 11.8 Å². The van der Waals surface area contributed by atoms with Gasteiger partial charge in [-0.2, -0.15) is 0 Å². The van der Waals surface area contributed by atoms with Gasteiger partial charge in [-0.25, -0.2) is 0 Å². The van der Waals surface area contributed by atoms with Gasteiger partial charge in [-0.3, -0.25) is 19.3 Å². The lowest BCUT2D eigenvalue weighted by Gasteiger charge is -2.31. The number of fused-ring (bicyclic) bond motifs is 1. The molecule has 1 aromatic rings. The Morgan fingerprint density at radius 1 is 1.25 bits per heavy atom. The Balaban J connectivity index is 1.91. The van der Waals surface area contributed by atoms with Crippen LogP contribution < -0.4 is 10.6 Å². The van der Waals surface area contributed by atoms with Crippen LogP contribution in [0, 0.1) is 5.92 Å². The third-order valence-corrected chi connectivity index (χ3v) is 4.28. The van der Waals surface area contributed by atoms with E-state index < -0.39 is 30.0 Å². The van der Waals surface area contributed by atoms with Crippen LogP contribution in [0.15, 0.2) is 18.2 Å². The minimum Gasteiger partial charge on any atom is -0.384 e. The van der Waals surface area contributed by atoms with Crippen LogP contribution in [0.25, 0.3) is 0 Å². The van der Waals surface area contributed by atoms with Gasteiger partial charge in [0.2, 0.25) is 5.91 Å². The predicted molar refractivity (Wildman–Crippen MR) is 87.4 cm³/mol. The molecular weight excluding hydrogens is 310 g/mol. The second kappa shape index (κ2) is 6.24. The van der Waals surface area contributed by atoms with Gasteiger partial charge in [-0.05, 0) is 30.9 Å². The lowest BCUT2D eigenvalue weighted by atomic mass is 10.0. The molecular formula is C17H21N3O4. The maximum atomic E-state index is 12.8. The summed E-state index contributed by atoms with van der Waals surface area (Å²) >= 11 is 0. The van der Waals surface area contributed by atoms with Crippen molar-refractivity contribution >= 4 is 23.4 Å². The molecule has 0 radical (unpaired) electrons. The zero-order chi connectivity index (χ0) is 17.4. The smallest absolute Gasteiger partial charge is 0.264 e. The van der Waals surface area contributed by atoms with E-state index in [4.69, 9.17) is 0 Å². The molecule has 24 heavy (non-hydrogen) atoms. The summed E-state index contributed by atoms with van der Waals surface area (Å²) in [5.74, 6) is -1.03. The van der Waals surface area contributed by atoms with Crippen molar-refractivity contribution in [3.05, 3.63) is 29.3 Å². The van der Waals surface area contributed by atoms with Gasteiger partial charge in [0, 0.05) is 12.2 Å². The molecule has 2 heterocycles. The molecule has 2 atom stereocenters. The van der Waals surface area contributed by atoms with Crippen molar-refractivity contribution in [2.24, 2.45) is 5.92 Å². The van der Waals surface area contributed by atoms with Crippen molar-refractivity contribution in [1.82, 2.24) is 10.2 Å². The monoisotopic (exact) mass is 331 g/mol. The summed E-state index contributed by atoms with van der Waals surface area (Å²) in [6.07, 6.45) is -0.359. The molecule has 3 N–H and O–H groups in total. The number of nitrogens with one attached hydrogen (secondary N) is 2. The number of aliphatic hydroxyl groups excluding tert-OH is 1. The number of aliphatic hydroxyl groups is 1. The predicted octanol–water partition coefficient (Wildman–Crippen LogP) is 0.947. The van der Waals surface area contributed by atoms with Gasteiger partial charge < -0.3 is 15.7 Å². The summed E-state index contributed by atoms with van der Waals surface area (Å²) in [5.41, 5.74) is 1.24. The number of nitrogens with zero attached hydrogens (tertiary/aromatic N) is 1. The number of amides is 3. The Morgan fingerprint density at radius 3 is 2.67 bits per heavy atom. The van der Waals surface area contributed by atoms with Gasteiger partial charge in [0.1, 0.15) is 12.3 Å². The maximum Gasteiger partial charge on any atom is 0.264 e. The van der Waals surface area contributed by atoms with E-state index in [1.165, 1.54) is 0 Å². The lowest BCUT2D eigenvalue weighted by molar-refractivity contribution is -0.131. The van der Waals surface area contributed by atoms with Crippen molar-refractivity contribution in [3.8, 4) is 0 Å². The van der Waals surface area contributed by atoms with Crippen LogP contribution in [0.1, 0.15) is 47.4 Å². The highest BCUT2D eigenvalue weighted by molar-refractivity contribution is 6.25. The Morgan fingerprint density at radius 2 is 2.00 bits per heavy atom. The van der Waals surface area contributed by atoms with Crippen molar-refractivity contribution < 1.29 is 19.5 Å². The summed E-state index contributed by atoms with van der Waals surface area (Å²) < 4.78 is 0. The molecule has 1 saturated heterocycles. The van der Waals surface area contributed by atoms with Crippen LogP contribution in [0.3, 0.4) is 0 Å². The number of rotatable bonds is 4. The molecule has 7 nitrogen and oxygen atoms in total. The van der Waals surface area contributed by atoms with E-state index in [0.29, 0.717) is 35.7 Å². The molecule has 2 unspecified atom stereocenters. The van der Waals surface area contributed by atoms with Crippen LogP contribution in [0.4, 0.5) is 5.69 Å². The van der Waals surface area contributed by atoms with E-state index in [9.17, 15) is 19.5 Å². The van der Waals surface area contributed by atoms with E-state index in [1.54, 1.807) is 18.2 Å². The van der Waals surface area contributed by atoms with Gasteiger partial charge in [0.15, 0.2) is 0 Å². The van der Waals surface area contributed by atoms with E-state index in [2.05, 4.69) is 10.6 Å². The fraction of sp³-hybridized carbons (Fsp3) is 0.471. The highest BCUT2D eigenvalue weighted by Gasteiger charge is 2.45. The molecule has 0 aromatic heterocycles. The summed E-state index contributed by atoms with van der Waals surface area (Å²) in [7, 11) is 0. The number of benzene rings is 1. The van der Waals surface area contributed by atoms with Crippen molar-refractivity contribution in [2.75, 3.05) is 11.9 Å². The SMILES string of the molecule is CC(C)CNc1cccc2c1C(=O)N(C1CCC(O)NC1=O)C2=O. The van der Waals surface area contributed by atoms with E-state index in [1.807, 2.05) is 13.8 Å². The fourth-order valence-corrected chi connectivity index (χ4v) is 3.07. The average Bonchev–Trinajstić information content (AvgIpc) is 2.78. The standard InChI is InChI=1S/C17H21N3O4/c1-9(2)8-18-11-5-3-4-10-14(11)17(24)20(16(10)23)12-6-7-13(21)19-15(12)22/h3-5,9,12-13,18,21H,6-8H2,1-2H3,(H,19,22). The van der Waals surface area contributed by atoms with Crippen LogP contribution in [0.2, 0.25) is 0 Å². The second-order valence-electron chi connectivity index (χ2n) is 6.60. The normalized spacial score (nSPS) is 23.5. The van der Waals surface area contributed by atoms with E-state index >= 15 is 0 Å². The molecule has 0 bridgehead atoms. The number of carbonyl (C=O) groups excluding carboxylic acids is 3. The molecule has 3 amide bonds. The molecule has 0 spiro atoms. The number of hydrogen-bond acceptors (Lipinski definition) is 5. The van der Waals surface area contributed by atoms with E-state index in [-0.39, 0.29) is 6.42 Å². The van der Waals surface area contributed by atoms with E-state index in [0.717, 1.165) is 4.90 Å². The van der Waals surface area contributed by atoms with Crippen molar-refractivity contribution in [2.45, 2.75) is 39.0 Å². The summed E-state index contributed by atoms with van der Waals surface area (Å²) in [6, 6.07) is 4.21. The molecule has 0 saturated carbocycles. The molecule has 2 aliphatic heterocycles. The Labute approximate surface area is 140 Å². The first kappa shape index (κ1) is 16.4. The van der Waals surface area contributed by atoms with Gasteiger partial charge >= 0.3 is 0 Å². The largest absolute Gasteiger partial charge is 0.384 e. The fourth-order valence-electron chi connectivity index (χ4n) is 3.07. The number of imide groups is 1. The average molecular weight is 331 g/mol. The van der Waals surface area contributed by atoms with Gasteiger partial charge in [-0.15, -0.1) is 0 Å². The molecule has 7 heteroatoms. The van der Waals surface area contributed by atoms with Crippen molar-refractivity contribution in [1.29, 1.82) is 0 Å². The zero-order valence-corrected chi connectivity index (χ0v) is 13.7. The first-order valence-corrected chi connectivity index (χ1v) is 8.13. The van der Waals surface area contributed by atoms with Crippen LogP contribution in [-0.2, 0) is 4.79 Å². The summed E-state index contributed by atoms with van der Waals surface area (Å²) in [5, 5.41) is 15.1. The van der Waals surface area contributed by atoms with Crippen LogP contribution >= 0.6 is 0 Å². The quantitative estimate of drug-likeness (QED) is 0.714. The Bertz CT molecular complexity index is 701. The molecule has 1 fully saturated rings. The molecule has 128 valence electrons. The van der Waals surface area contributed by atoms with Crippen LogP contribution in [-0.4, -0.2) is 46.5 Å². The number of anilines is 1. The maximum absolute atomic E-state index is 12.8. The lowest BCUT2D eigenvalue weighted by Crippen LogP contribution is -2.55. The number of hydrogen-bond donors (Lipinski definition) is 3. The first-order valence-electron chi connectivity index (χ1n) is 8.13. The number of piperidine rings is 1. The summed E-state index contributed by atoms with van der Waals surface area (Å²) in [4.78, 5) is 38.6. The molecule has 3 rings (SSSR count). The Kier molecular flexibility index (Phi) is 4.28. The second-order valence-corrected chi connectivity index (χ2v) is 6.60. The molecule has 2 aliphatic rings. The van der Waals surface area contributed by atoms with Gasteiger partial charge in [0.05, 0.1) is 11.1 Å². The minimum absolute atomic E-state index is 0.257. The summed E-state index contributed by atoms with van der Waals surface area (Å²) in [6.45, 7) is 4.77. The molecule has 1 aromatic carbocycles. The third kappa shape index (κ3) is 2.75. The Hall–Kier alpha value is -2.41. The number of carbonyl (C=O) groups is 3. The molecule has 0 aliphatic carbocycles. The highest BCUT2D eigenvalue weighted by atomic mass is 16.3. The topological polar surface area (TPSA) is 98.7 Å². The van der Waals surface area contributed by atoms with Gasteiger partial charge in [-0.1, -0.05) is 19.9 Å². The van der Waals surface area contributed by atoms with Crippen LogP contribution in [0.5, 0.6) is 0 Å². The third-order valence-electron chi connectivity index (χ3n) is 4.28. The highest BCUT2D eigenvalue weighted by Crippen LogP contribution is 2.32. The minimum atomic E-state index is -0.924.